The van der Waals surface area contributed by atoms with Crippen LogP contribution in [0.4, 0.5) is 0 Å². The molecule has 2 nitrogen and oxygen atoms in total. The standard InChI is InChI=1S/C13H26N2/c1-3-4-7-11-15(2)12-10-14-13-8-5-6-9-13/h3,13-14H,1,4-12H2,2H3. The highest BCUT2D eigenvalue weighted by molar-refractivity contribution is 4.74. The molecule has 1 saturated carbocycles. The van der Waals surface area contributed by atoms with Gasteiger partial charge in [0, 0.05) is 19.1 Å². The van der Waals surface area contributed by atoms with Gasteiger partial charge in [0.2, 0.25) is 0 Å². The van der Waals surface area contributed by atoms with Crippen LogP contribution in [0, 0.1) is 0 Å². The highest BCUT2D eigenvalue weighted by atomic mass is 15.1. The van der Waals surface area contributed by atoms with Crippen molar-refractivity contribution in [3.05, 3.63) is 12.7 Å². The van der Waals surface area contributed by atoms with Crippen LogP contribution in [0.2, 0.25) is 0 Å². The maximum Gasteiger partial charge on any atom is 0.0104 e. The molecule has 0 radical (unpaired) electrons. The van der Waals surface area contributed by atoms with E-state index in [2.05, 4.69) is 23.8 Å². The van der Waals surface area contributed by atoms with Crippen molar-refractivity contribution in [3.63, 3.8) is 0 Å². The van der Waals surface area contributed by atoms with Gasteiger partial charge in [-0.3, -0.25) is 0 Å². The second-order valence-electron chi connectivity index (χ2n) is 4.67. The molecule has 0 aromatic heterocycles. The molecule has 15 heavy (non-hydrogen) atoms. The van der Waals surface area contributed by atoms with Crippen LogP contribution in [-0.4, -0.2) is 37.6 Å². The lowest BCUT2D eigenvalue weighted by Crippen LogP contribution is -2.34. The van der Waals surface area contributed by atoms with Gasteiger partial charge in [0.1, 0.15) is 0 Å². The van der Waals surface area contributed by atoms with Crippen LogP contribution < -0.4 is 5.32 Å². The number of hydrogen-bond acceptors (Lipinski definition) is 2. The normalized spacial score (nSPS) is 17.5. The van der Waals surface area contributed by atoms with E-state index < -0.39 is 0 Å². The van der Waals surface area contributed by atoms with Crippen molar-refractivity contribution in [2.24, 2.45) is 0 Å². The topological polar surface area (TPSA) is 15.3 Å². The molecule has 1 aliphatic rings. The number of rotatable bonds is 8. The maximum atomic E-state index is 3.74. The minimum absolute atomic E-state index is 0.812. The summed E-state index contributed by atoms with van der Waals surface area (Å²) in [4.78, 5) is 2.41. The first kappa shape index (κ1) is 12.7. The molecule has 88 valence electrons. The Hall–Kier alpha value is -0.340. The van der Waals surface area contributed by atoms with Gasteiger partial charge in [0.25, 0.3) is 0 Å². The number of hydrogen-bond donors (Lipinski definition) is 1. The van der Waals surface area contributed by atoms with Crippen LogP contribution >= 0.6 is 0 Å². The Kier molecular flexibility index (Phi) is 6.69. The van der Waals surface area contributed by atoms with Crippen molar-refractivity contribution in [1.29, 1.82) is 0 Å². The van der Waals surface area contributed by atoms with Crippen LogP contribution in [0.5, 0.6) is 0 Å². The number of unbranched alkanes of at least 4 members (excludes halogenated alkanes) is 1. The predicted molar refractivity (Wildman–Crippen MR) is 67.2 cm³/mol. The Morgan fingerprint density at radius 2 is 2.07 bits per heavy atom. The fourth-order valence-corrected chi connectivity index (χ4v) is 2.21. The van der Waals surface area contributed by atoms with Crippen molar-refractivity contribution in [2.75, 3.05) is 26.7 Å². The van der Waals surface area contributed by atoms with Crippen LogP contribution in [0.3, 0.4) is 0 Å². The molecule has 0 aromatic rings. The van der Waals surface area contributed by atoms with Crippen molar-refractivity contribution in [2.45, 2.75) is 44.6 Å². The van der Waals surface area contributed by atoms with Gasteiger partial charge in [-0.1, -0.05) is 18.9 Å². The zero-order chi connectivity index (χ0) is 10.9. The molecule has 1 N–H and O–H groups in total. The fraction of sp³-hybridized carbons (Fsp3) is 0.846. The molecule has 0 bridgehead atoms. The predicted octanol–water partition coefficient (Wildman–Crippen LogP) is 2.42. The van der Waals surface area contributed by atoms with Gasteiger partial charge in [-0.05, 0) is 39.3 Å². The number of allylic oxidation sites excluding steroid dienone is 1. The summed E-state index contributed by atoms with van der Waals surface area (Å²) >= 11 is 0. The van der Waals surface area contributed by atoms with Gasteiger partial charge in [-0.25, -0.2) is 0 Å². The minimum Gasteiger partial charge on any atom is -0.313 e. The third-order valence-corrected chi connectivity index (χ3v) is 3.23. The van der Waals surface area contributed by atoms with Gasteiger partial charge < -0.3 is 10.2 Å². The Morgan fingerprint density at radius 1 is 1.33 bits per heavy atom. The monoisotopic (exact) mass is 210 g/mol. The van der Waals surface area contributed by atoms with Crippen molar-refractivity contribution in [3.8, 4) is 0 Å². The van der Waals surface area contributed by atoms with E-state index in [0.29, 0.717) is 0 Å². The Bertz CT molecular complexity index is 162. The molecule has 1 fully saturated rings. The third kappa shape index (κ3) is 5.95. The van der Waals surface area contributed by atoms with E-state index in [1.807, 2.05) is 6.08 Å². The molecule has 0 saturated heterocycles. The summed E-state index contributed by atoms with van der Waals surface area (Å²) in [6, 6.07) is 0.812. The molecule has 1 aliphatic carbocycles. The molecule has 0 heterocycles. The van der Waals surface area contributed by atoms with E-state index in [1.54, 1.807) is 0 Å². The van der Waals surface area contributed by atoms with Gasteiger partial charge in [-0.15, -0.1) is 6.58 Å². The van der Waals surface area contributed by atoms with Crippen LogP contribution in [0.15, 0.2) is 12.7 Å². The number of nitrogens with zero attached hydrogens (tertiary/aromatic N) is 1. The third-order valence-electron chi connectivity index (χ3n) is 3.23. The van der Waals surface area contributed by atoms with Crippen molar-refractivity contribution < 1.29 is 0 Å². The summed E-state index contributed by atoms with van der Waals surface area (Å²) in [6.07, 6.45) is 10.0. The van der Waals surface area contributed by atoms with Gasteiger partial charge in [0.05, 0.1) is 0 Å². The van der Waals surface area contributed by atoms with E-state index in [9.17, 15) is 0 Å². The largest absolute Gasteiger partial charge is 0.313 e. The second kappa shape index (κ2) is 7.89. The summed E-state index contributed by atoms with van der Waals surface area (Å²) in [6.45, 7) is 7.26. The fourth-order valence-electron chi connectivity index (χ4n) is 2.21. The first-order valence-corrected chi connectivity index (χ1v) is 6.35. The van der Waals surface area contributed by atoms with E-state index in [1.165, 1.54) is 45.2 Å². The Labute approximate surface area is 94.7 Å². The Morgan fingerprint density at radius 3 is 2.73 bits per heavy atom. The first-order chi connectivity index (χ1) is 7.33. The molecular formula is C13H26N2. The molecule has 0 unspecified atom stereocenters. The smallest absolute Gasteiger partial charge is 0.0104 e. The average molecular weight is 210 g/mol. The summed E-state index contributed by atoms with van der Waals surface area (Å²) in [5, 5.41) is 3.64. The quantitative estimate of drug-likeness (QED) is 0.489. The van der Waals surface area contributed by atoms with E-state index in [-0.39, 0.29) is 0 Å². The molecule has 2 heteroatoms. The van der Waals surface area contributed by atoms with Crippen LogP contribution in [0.25, 0.3) is 0 Å². The van der Waals surface area contributed by atoms with Gasteiger partial charge in [0.15, 0.2) is 0 Å². The first-order valence-electron chi connectivity index (χ1n) is 6.35. The summed E-state index contributed by atoms with van der Waals surface area (Å²) in [5.74, 6) is 0. The van der Waals surface area contributed by atoms with E-state index >= 15 is 0 Å². The SMILES string of the molecule is C=CCCCN(C)CCNC1CCCC1. The lowest BCUT2D eigenvalue weighted by atomic mass is 10.2. The molecule has 0 spiro atoms. The number of nitrogens with one attached hydrogen (secondary N) is 1. The van der Waals surface area contributed by atoms with Crippen molar-refractivity contribution >= 4 is 0 Å². The van der Waals surface area contributed by atoms with Crippen LogP contribution in [-0.2, 0) is 0 Å². The van der Waals surface area contributed by atoms with Crippen molar-refractivity contribution in [1.82, 2.24) is 10.2 Å². The summed E-state index contributed by atoms with van der Waals surface area (Å²) < 4.78 is 0. The van der Waals surface area contributed by atoms with Gasteiger partial charge in [-0.2, -0.15) is 0 Å². The molecule has 0 amide bonds. The van der Waals surface area contributed by atoms with Crippen LogP contribution in [0.1, 0.15) is 38.5 Å². The lowest BCUT2D eigenvalue weighted by molar-refractivity contribution is 0.320. The summed E-state index contributed by atoms with van der Waals surface area (Å²) in [5.41, 5.74) is 0. The lowest BCUT2D eigenvalue weighted by Gasteiger charge is -2.18. The molecule has 1 rings (SSSR count). The minimum atomic E-state index is 0.812. The average Bonchev–Trinajstić information content (AvgIpc) is 2.71. The van der Waals surface area contributed by atoms with E-state index in [0.717, 1.165) is 19.0 Å². The molecule has 0 aromatic carbocycles. The highest BCUT2D eigenvalue weighted by Crippen LogP contribution is 2.17. The zero-order valence-corrected chi connectivity index (χ0v) is 10.2. The molecular weight excluding hydrogens is 184 g/mol. The highest BCUT2D eigenvalue weighted by Gasteiger charge is 2.13. The van der Waals surface area contributed by atoms with Gasteiger partial charge >= 0.3 is 0 Å². The maximum absolute atomic E-state index is 3.74. The second-order valence-corrected chi connectivity index (χ2v) is 4.67. The number of likely N-dealkylation sites (N-methyl/N-ethyl adjacent to an activating group) is 1. The Balaban J connectivity index is 1.91. The molecule has 0 aliphatic heterocycles. The zero-order valence-electron chi connectivity index (χ0n) is 10.2. The summed E-state index contributed by atoms with van der Waals surface area (Å²) in [7, 11) is 2.21. The van der Waals surface area contributed by atoms with E-state index in [4.69, 9.17) is 0 Å². The molecule has 0 atom stereocenters.